The summed E-state index contributed by atoms with van der Waals surface area (Å²) in [5.41, 5.74) is 2.60. The third kappa shape index (κ3) is 4.56. The minimum Gasteiger partial charge on any atom is -0.460 e. The summed E-state index contributed by atoms with van der Waals surface area (Å²) in [6.07, 6.45) is 10.2. The number of aryl methyl sites for hydroxylation is 2. The maximum absolute atomic E-state index is 13.5. The molecule has 2 aromatic carbocycles. The highest BCUT2D eigenvalue weighted by Crippen LogP contribution is 2.26. The maximum atomic E-state index is 13.5. The number of nitrogens with zero attached hydrogens (tertiary/aromatic N) is 4. The summed E-state index contributed by atoms with van der Waals surface area (Å²) in [6, 6.07) is 15.9. The molecule has 0 saturated carbocycles. The number of hydrogen-bond donors (Lipinski definition) is 0. The average Bonchev–Trinajstić information content (AvgIpc) is 3.36. The van der Waals surface area contributed by atoms with Gasteiger partial charge in [0.1, 0.15) is 11.3 Å². The molecule has 0 aliphatic rings. The van der Waals surface area contributed by atoms with E-state index in [0.29, 0.717) is 23.3 Å². The van der Waals surface area contributed by atoms with Crippen LogP contribution in [-0.2, 0) is 19.6 Å². The van der Waals surface area contributed by atoms with Crippen LogP contribution in [0.25, 0.3) is 21.7 Å². The highest BCUT2D eigenvalue weighted by molar-refractivity contribution is 6.03. The van der Waals surface area contributed by atoms with Crippen molar-refractivity contribution in [2.24, 2.45) is 0 Å². The van der Waals surface area contributed by atoms with Crippen molar-refractivity contribution >= 4 is 21.7 Å². The Hall–Kier alpha value is -3.77. The van der Waals surface area contributed by atoms with E-state index in [1.807, 2.05) is 68.0 Å². The number of pyridine rings is 1. The Bertz CT molecular complexity index is 1430. The SMILES string of the molecule is Cc1oc2c(ccc3ccccc32)c(=O)c1CN(CCCn1ccnc1)Cc1ccncc1. The molecule has 6 nitrogen and oxygen atoms in total. The summed E-state index contributed by atoms with van der Waals surface area (Å²) in [5, 5.41) is 2.67. The maximum Gasteiger partial charge on any atom is 0.197 e. The molecular formula is C27H26N4O2. The summed E-state index contributed by atoms with van der Waals surface area (Å²) in [5.74, 6) is 0.679. The minimum absolute atomic E-state index is 0.0499. The fourth-order valence-electron chi connectivity index (χ4n) is 4.33. The van der Waals surface area contributed by atoms with E-state index in [2.05, 4.69) is 19.4 Å². The van der Waals surface area contributed by atoms with E-state index < -0.39 is 0 Å². The number of benzene rings is 2. The zero-order valence-electron chi connectivity index (χ0n) is 18.6. The third-order valence-corrected chi connectivity index (χ3v) is 6.07. The zero-order chi connectivity index (χ0) is 22.6. The van der Waals surface area contributed by atoms with Gasteiger partial charge in [-0.2, -0.15) is 0 Å². The molecule has 0 saturated heterocycles. The van der Waals surface area contributed by atoms with Crippen molar-refractivity contribution in [3.05, 3.63) is 107 Å². The van der Waals surface area contributed by atoms with E-state index in [1.54, 1.807) is 18.6 Å². The molecule has 0 fully saturated rings. The minimum atomic E-state index is 0.0499. The smallest absolute Gasteiger partial charge is 0.197 e. The predicted octanol–water partition coefficient (Wildman–Crippen LogP) is 4.94. The number of rotatable bonds is 8. The number of fused-ring (bicyclic) bond motifs is 3. The normalized spacial score (nSPS) is 11.6. The molecule has 0 unspecified atom stereocenters. The molecule has 166 valence electrons. The van der Waals surface area contributed by atoms with Gasteiger partial charge in [0.2, 0.25) is 0 Å². The van der Waals surface area contributed by atoms with Crippen LogP contribution in [0.4, 0.5) is 0 Å². The quantitative estimate of drug-likeness (QED) is 0.321. The first-order chi connectivity index (χ1) is 16.2. The molecule has 0 bridgehead atoms. The van der Waals surface area contributed by atoms with Gasteiger partial charge in [-0.25, -0.2) is 4.98 Å². The number of aromatic nitrogens is 3. The second-order valence-corrected chi connectivity index (χ2v) is 8.35. The first kappa shape index (κ1) is 21.1. The van der Waals surface area contributed by atoms with E-state index >= 15 is 0 Å². The molecular weight excluding hydrogens is 412 g/mol. The molecule has 0 N–H and O–H groups in total. The van der Waals surface area contributed by atoms with Crippen LogP contribution < -0.4 is 5.43 Å². The van der Waals surface area contributed by atoms with E-state index in [0.717, 1.165) is 42.4 Å². The molecule has 5 aromatic rings. The Balaban J connectivity index is 1.46. The van der Waals surface area contributed by atoms with Crippen LogP contribution in [0.2, 0.25) is 0 Å². The first-order valence-corrected chi connectivity index (χ1v) is 11.2. The van der Waals surface area contributed by atoms with Gasteiger partial charge in [0.15, 0.2) is 5.43 Å². The van der Waals surface area contributed by atoms with Crippen molar-refractivity contribution in [2.75, 3.05) is 6.54 Å². The summed E-state index contributed by atoms with van der Waals surface area (Å²) in [6.45, 7) is 4.89. The summed E-state index contributed by atoms with van der Waals surface area (Å²) < 4.78 is 8.33. The van der Waals surface area contributed by atoms with Gasteiger partial charge in [-0.1, -0.05) is 30.3 Å². The summed E-state index contributed by atoms with van der Waals surface area (Å²) in [7, 11) is 0. The largest absolute Gasteiger partial charge is 0.460 e. The molecule has 0 atom stereocenters. The van der Waals surface area contributed by atoms with Crippen LogP contribution in [0, 0.1) is 6.92 Å². The van der Waals surface area contributed by atoms with Crippen molar-refractivity contribution in [1.29, 1.82) is 0 Å². The molecule has 5 rings (SSSR count). The Morgan fingerprint density at radius 2 is 1.79 bits per heavy atom. The topological polar surface area (TPSA) is 64.2 Å². The summed E-state index contributed by atoms with van der Waals surface area (Å²) >= 11 is 0. The van der Waals surface area contributed by atoms with Crippen LogP contribution in [0.3, 0.4) is 0 Å². The van der Waals surface area contributed by atoms with Gasteiger partial charge in [0, 0.05) is 56.4 Å². The van der Waals surface area contributed by atoms with Gasteiger partial charge < -0.3 is 8.98 Å². The molecule has 0 aliphatic carbocycles. The molecule has 6 heteroatoms. The molecule has 33 heavy (non-hydrogen) atoms. The monoisotopic (exact) mass is 438 g/mol. The van der Waals surface area contributed by atoms with Crippen molar-refractivity contribution < 1.29 is 4.42 Å². The molecule has 0 radical (unpaired) electrons. The second-order valence-electron chi connectivity index (χ2n) is 8.35. The molecule has 0 aliphatic heterocycles. The average molecular weight is 439 g/mol. The first-order valence-electron chi connectivity index (χ1n) is 11.2. The Morgan fingerprint density at radius 3 is 2.61 bits per heavy atom. The van der Waals surface area contributed by atoms with Crippen molar-refractivity contribution in [3.63, 3.8) is 0 Å². The molecule has 3 aromatic heterocycles. The Labute approximate surface area is 192 Å². The van der Waals surface area contributed by atoms with Crippen LogP contribution in [-0.4, -0.2) is 26.0 Å². The van der Waals surface area contributed by atoms with Crippen LogP contribution >= 0.6 is 0 Å². The van der Waals surface area contributed by atoms with Crippen LogP contribution in [0.5, 0.6) is 0 Å². The Kier molecular flexibility index (Phi) is 6.00. The van der Waals surface area contributed by atoms with Crippen molar-refractivity contribution in [1.82, 2.24) is 19.4 Å². The van der Waals surface area contributed by atoms with E-state index in [9.17, 15) is 4.79 Å². The van der Waals surface area contributed by atoms with Gasteiger partial charge in [0.05, 0.1) is 17.3 Å². The lowest BCUT2D eigenvalue weighted by atomic mass is 10.0. The van der Waals surface area contributed by atoms with Gasteiger partial charge in [-0.3, -0.25) is 14.7 Å². The van der Waals surface area contributed by atoms with Gasteiger partial charge >= 0.3 is 0 Å². The standard InChI is InChI=1S/C27H26N4O2/c1-20-25(26(32)24-8-7-22-5-2-3-6-23(22)27(24)33-20)18-31(17-21-9-11-28-12-10-21)15-4-14-30-16-13-29-19-30/h2-3,5-13,16,19H,4,14-15,17-18H2,1H3. The summed E-state index contributed by atoms with van der Waals surface area (Å²) in [4.78, 5) is 24.1. The van der Waals surface area contributed by atoms with Crippen molar-refractivity contribution in [3.8, 4) is 0 Å². The van der Waals surface area contributed by atoms with E-state index in [-0.39, 0.29) is 5.43 Å². The van der Waals surface area contributed by atoms with Crippen LogP contribution in [0.15, 0.2) is 88.9 Å². The van der Waals surface area contributed by atoms with E-state index in [4.69, 9.17) is 4.42 Å². The van der Waals surface area contributed by atoms with Gasteiger partial charge in [-0.15, -0.1) is 0 Å². The predicted molar refractivity (Wildman–Crippen MR) is 130 cm³/mol. The van der Waals surface area contributed by atoms with E-state index in [1.165, 1.54) is 5.56 Å². The molecule has 0 spiro atoms. The lowest BCUT2D eigenvalue weighted by Gasteiger charge is -2.23. The Morgan fingerprint density at radius 1 is 0.939 bits per heavy atom. The third-order valence-electron chi connectivity index (χ3n) is 6.07. The van der Waals surface area contributed by atoms with Gasteiger partial charge in [0.25, 0.3) is 0 Å². The van der Waals surface area contributed by atoms with Crippen LogP contribution in [0.1, 0.15) is 23.3 Å². The van der Waals surface area contributed by atoms with Crippen molar-refractivity contribution in [2.45, 2.75) is 33.0 Å². The fraction of sp³-hybridized carbons (Fsp3) is 0.222. The highest BCUT2D eigenvalue weighted by atomic mass is 16.3. The lowest BCUT2D eigenvalue weighted by Crippen LogP contribution is -2.28. The second kappa shape index (κ2) is 9.38. The zero-order valence-corrected chi connectivity index (χ0v) is 18.6. The molecule has 3 heterocycles. The fourth-order valence-corrected chi connectivity index (χ4v) is 4.33. The number of hydrogen-bond acceptors (Lipinski definition) is 5. The van der Waals surface area contributed by atoms with Gasteiger partial charge in [-0.05, 0) is 42.5 Å². The lowest BCUT2D eigenvalue weighted by molar-refractivity contribution is 0.245. The highest BCUT2D eigenvalue weighted by Gasteiger charge is 2.17. The number of imidazole rings is 1. The molecule has 0 amide bonds.